The molecule has 1 aliphatic heterocycles. The number of benzene rings is 1. The lowest BCUT2D eigenvalue weighted by Gasteiger charge is -2.25. The Morgan fingerprint density at radius 1 is 1.30 bits per heavy atom. The van der Waals surface area contributed by atoms with Gasteiger partial charge in [-0.05, 0) is 31.4 Å². The van der Waals surface area contributed by atoms with E-state index in [9.17, 15) is 13.2 Å². The molecule has 1 saturated carbocycles. The number of fused-ring (bicyclic) bond motifs is 1. The van der Waals surface area contributed by atoms with Crippen LogP contribution in [0.25, 0.3) is 0 Å². The van der Waals surface area contributed by atoms with E-state index in [2.05, 4.69) is 10.0 Å². The molecule has 1 atom stereocenters. The van der Waals surface area contributed by atoms with Crippen LogP contribution in [0.1, 0.15) is 25.3 Å². The van der Waals surface area contributed by atoms with Gasteiger partial charge in [-0.15, -0.1) is 0 Å². The van der Waals surface area contributed by atoms with Crippen LogP contribution in [0, 0.1) is 0 Å². The van der Waals surface area contributed by atoms with Crippen molar-refractivity contribution in [1.82, 2.24) is 9.03 Å². The number of carbonyl (C=O) groups excluding carboxylic acids is 1. The molecule has 3 rings (SSSR count). The van der Waals surface area contributed by atoms with Crippen molar-refractivity contribution in [1.29, 1.82) is 0 Å². The van der Waals surface area contributed by atoms with E-state index >= 15 is 0 Å². The number of anilines is 1. The van der Waals surface area contributed by atoms with Gasteiger partial charge in [0.15, 0.2) is 0 Å². The SMILES string of the molecule is CC1C(=O)Nc2ccccc2CN1S(=O)(=O)NC1CC1. The Kier molecular flexibility index (Phi) is 3.27. The van der Waals surface area contributed by atoms with Crippen molar-refractivity contribution in [3.63, 3.8) is 0 Å². The topological polar surface area (TPSA) is 78.5 Å². The van der Waals surface area contributed by atoms with Gasteiger partial charge in [-0.3, -0.25) is 4.79 Å². The van der Waals surface area contributed by atoms with Gasteiger partial charge in [0.25, 0.3) is 10.2 Å². The summed E-state index contributed by atoms with van der Waals surface area (Å²) >= 11 is 0. The van der Waals surface area contributed by atoms with Crippen molar-refractivity contribution in [2.75, 3.05) is 5.32 Å². The lowest BCUT2D eigenvalue weighted by Crippen LogP contribution is -2.48. The van der Waals surface area contributed by atoms with Crippen LogP contribution in [0.4, 0.5) is 5.69 Å². The van der Waals surface area contributed by atoms with Crippen molar-refractivity contribution in [3.05, 3.63) is 29.8 Å². The molecular formula is C13H17N3O3S. The lowest BCUT2D eigenvalue weighted by molar-refractivity contribution is -0.119. The Morgan fingerprint density at radius 3 is 2.70 bits per heavy atom. The predicted molar refractivity (Wildman–Crippen MR) is 75.2 cm³/mol. The molecule has 1 amide bonds. The van der Waals surface area contributed by atoms with Gasteiger partial charge in [0.05, 0.1) is 0 Å². The van der Waals surface area contributed by atoms with Crippen LogP contribution in [0.15, 0.2) is 24.3 Å². The van der Waals surface area contributed by atoms with Crippen molar-refractivity contribution in [3.8, 4) is 0 Å². The summed E-state index contributed by atoms with van der Waals surface area (Å²) in [5.74, 6) is -0.309. The Morgan fingerprint density at radius 2 is 2.00 bits per heavy atom. The number of nitrogens with one attached hydrogen (secondary N) is 2. The Bertz CT molecular complexity index is 640. The van der Waals surface area contributed by atoms with E-state index in [0.717, 1.165) is 18.4 Å². The fourth-order valence-electron chi connectivity index (χ4n) is 2.23. The first-order chi connectivity index (χ1) is 9.47. The molecule has 1 heterocycles. The second-order valence-electron chi connectivity index (χ2n) is 5.26. The van der Waals surface area contributed by atoms with Gasteiger partial charge in [0, 0.05) is 18.3 Å². The van der Waals surface area contributed by atoms with E-state index in [4.69, 9.17) is 0 Å². The van der Waals surface area contributed by atoms with E-state index in [-0.39, 0.29) is 18.5 Å². The van der Waals surface area contributed by atoms with Gasteiger partial charge in [-0.1, -0.05) is 18.2 Å². The van der Waals surface area contributed by atoms with Crippen LogP contribution in [0.2, 0.25) is 0 Å². The number of rotatable bonds is 3. The third-order valence-corrected chi connectivity index (χ3v) is 5.31. The Balaban J connectivity index is 1.95. The van der Waals surface area contributed by atoms with Gasteiger partial charge in [-0.2, -0.15) is 17.4 Å². The highest BCUT2D eigenvalue weighted by Crippen LogP contribution is 2.26. The second kappa shape index (κ2) is 4.83. The van der Waals surface area contributed by atoms with Crippen LogP contribution in [0.5, 0.6) is 0 Å². The monoisotopic (exact) mass is 295 g/mol. The highest BCUT2D eigenvalue weighted by molar-refractivity contribution is 7.87. The van der Waals surface area contributed by atoms with Crippen molar-refractivity contribution in [2.45, 2.75) is 38.4 Å². The average Bonchev–Trinajstić information content (AvgIpc) is 3.19. The predicted octanol–water partition coefficient (Wildman–Crippen LogP) is 0.826. The maximum absolute atomic E-state index is 12.4. The van der Waals surface area contributed by atoms with Crippen LogP contribution in [-0.2, 0) is 21.5 Å². The van der Waals surface area contributed by atoms with Crippen LogP contribution < -0.4 is 10.0 Å². The zero-order valence-corrected chi connectivity index (χ0v) is 12.0. The molecule has 20 heavy (non-hydrogen) atoms. The first-order valence-electron chi connectivity index (χ1n) is 6.65. The second-order valence-corrected chi connectivity index (χ2v) is 6.92. The molecule has 2 N–H and O–H groups in total. The maximum atomic E-state index is 12.4. The minimum absolute atomic E-state index is 0.0220. The van der Waals surface area contributed by atoms with E-state index in [1.807, 2.05) is 18.2 Å². The van der Waals surface area contributed by atoms with Crippen LogP contribution in [0.3, 0.4) is 0 Å². The number of hydrogen-bond acceptors (Lipinski definition) is 3. The van der Waals surface area contributed by atoms with Gasteiger partial charge in [0.1, 0.15) is 6.04 Å². The van der Waals surface area contributed by atoms with E-state index < -0.39 is 16.3 Å². The van der Waals surface area contributed by atoms with E-state index in [0.29, 0.717) is 5.69 Å². The average molecular weight is 295 g/mol. The van der Waals surface area contributed by atoms with Gasteiger partial charge >= 0.3 is 0 Å². The van der Waals surface area contributed by atoms with Crippen LogP contribution >= 0.6 is 0 Å². The molecule has 2 aliphatic rings. The number of para-hydroxylation sites is 1. The highest BCUT2D eigenvalue weighted by atomic mass is 32.2. The number of nitrogens with zero attached hydrogens (tertiary/aromatic N) is 1. The summed E-state index contributed by atoms with van der Waals surface area (Å²) in [5.41, 5.74) is 1.47. The molecule has 1 fully saturated rings. The molecule has 0 spiro atoms. The van der Waals surface area contributed by atoms with Gasteiger partial charge in [0.2, 0.25) is 5.91 Å². The zero-order chi connectivity index (χ0) is 14.3. The van der Waals surface area contributed by atoms with Crippen molar-refractivity contribution in [2.24, 2.45) is 0 Å². The molecule has 0 aromatic heterocycles. The highest BCUT2D eigenvalue weighted by Gasteiger charge is 2.37. The molecule has 1 unspecified atom stereocenters. The van der Waals surface area contributed by atoms with Gasteiger partial charge in [-0.25, -0.2) is 0 Å². The summed E-state index contributed by atoms with van der Waals surface area (Å²) in [6.45, 7) is 1.80. The Hall–Kier alpha value is -1.44. The first-order valence-corrected chi connectivity index (χ1v) is 8.09. The molecular weight excluding hydrogens is 278 g/mol. The molecule has 6 nitrogen and oxygen atoms in total. The first kappa shape index (κ1) is 13.5. The van der Waals surface area contributed by atoms with Gasteiger partial charge < -0.3 is 5.32 Å². The summed E-state index contributed by atoms with van der Waals surface area (Å²) < 4.78 is 28.6. The largest absolute Gasteiger partial charge is 0.324 e. The number of carbonyl (C=O) groups is 1. The summed E-state index contributed by atoms with van der Waals surface area (Å²) in [7, 11) is -3.65. The van der Waals surface area contributed by atoms with Crippen molar-refractivity contribution < 1.29 is 13.2 Å². The number of amides is 1. The standard InChI is InChI=1S/C13H17N3O3S/c1-9-13(17)14-12-5-3-2-4-10(12)8-16(9)20(18,19)15-11-6-7-11/h2-5,9,11,15H,6-8H2,1H3,(H,14,17). The molecule has 7 heteroatoms. The van der Waals surface area contributed by atoms with E-state index in [1.165, 1.54) is 4.31 Å². The third-order valence-electron chi connectivity index (χ3n) is 3.61. The fraction of sp³-hybridized carbons (Fsp3) is 0.462. The molecule has 0 bridgehead atoms. The summed E-state index contributed by atoms with van der Waals surface area (Å²) in [5, 5.41) is 2.77. The summed E-state index contributed by atoms with van der Waals surface area (Å²) in [6, 6.07) is 6.54. The minimum atomic E-state index is -3.65. The summed E-state index contributed by atoms with van der Waals surface area (Å²) in [4.78, 5) is 12.1. The minimum Gasteiger partial charge on any atom is -0.324 e. The molecule has 108 valence electrons. The molecule has 0 saturated heterocycles. The summed E-state index contributed by atoms with van der Waals surface area (Å²) in [6.07, 6.45) is 1.73. The quantitative estimate of drug-likeness (QED) is 0.867. The van der Waals surface area contributed by atoms with Crippen LogP contribution in [-0.4, -0.2) is 30.7 Å². The molecule has 0 radical (unpaired) electrons. The normalized spacial score (nSPS) is 23.9. The van der Waals surface area contributed by atoms with E-state index in [1.54, 1.807) is 13.0 Å². The Labute approximate surface area is 118 Å². The molecule has 1 aromatic carbocycles. The molecule has 1 aromatic rings. The molecule has 1 aliphatic carbocycles. The lowest BCUT2D eigenvalue weighted by atomic mass is 10.2. The maximum Gasteiger partial charge on any atom is 0.280 e. The number of hydrogen-bond donors (Lipinski definition) is 2. The third kappa shape index (κ3) is 2.56. The van der Waals surface area contributed by atoms with Crippen molar-refractivity contribution >= 4 is 21.8 Å². The smallest absolute Gasteiger partial charge is 0.280 e. The fourth-order valence-corrected chi connectivity index (χ4v) is 3.84. The zero-order valence-electron chi connectivity index (χ0n) is 11.2.